The summed E-state index contributed by atoms with van der Waals surface area (Å²) in [6.07, 6.45) is 3.25. The number of carbonyl (C=O) groups is 1. The minimum atomic E-state index is -0.782. The molecular formula is C37H34N2O7S. The first-order valence-electron chi connectivity index (χ1n) is 15.2. The molecule has 0 radical (unpaired) electrons. The lowest BCUT2D eigenvalue weighted by atomic mass is 9.97. The first-order valence-corrected chi connectivity index (χ1v) is 16.0. The van der Waals surface area contributed by atoms with Gasteiger partial charge in [-0.15, -0.1) is 0 Å². The molecule has 1 atom stereocenters. The Bertz CT molecular complexity index is 2160. The van der Waals surface area contributed by atoms with E-state index in [1.807, 2.05) is 62.4 Å². The Morgan fingerprint density at radius 2 is 1.62 bits per heavy atom. The summed E-state index contributed by atoms with van der Waals surface area (Å²) >= 11 is 1.23. The Labute approximate surface area is 275 Å². The molecule has 10 heteroatoms. The van der Waals surface area contributed by atoms with Crippen LogP contribution in [-0.2, 0) is 16.1 Å². The lowest BCUT2D eigenvalue weighted by molar-refractivity contribution is -0.136. The van der Waals surface area contributed by atoms with Crippen molar-refractivity contribution in [2.24, 2.45) is 4.99 Å². The Balaban J connectivity index is 1.35. The number of hydrogen-bond acceptors (Lipinski definition) is 9. The van der Waals surface area contributed by atoms with Crippen molar-refractivity contribution >= 4 is 34.2 Å². The van der Waals surface area contributed by atoms with Crippen LogP contribution in [-0.4, -0.2) is 38.0 Å². The van der Waals surface area contributed by atoms with Crippen LogP contribution in [0, 0.1) is 0 Å². The number of carbonyl (C=O) groups excluding carboxylic acids is 1. The Morgan fingerprint density at radius 3 is 2.40 bits per heavy atom. The van der Waals surface area contributed by atoms with Gasteiger partial charge in [-0.2, -0.15) is 0 Å². The molecule has 5 aromatic rings. The van der Waals surface area contributed by atoms with E-state index < -0.39 is 12.0 Å². The normalized spacial score (nSPS) is 14.2. The number of esters is 1. The van der Waals surface area contributed by atoms with E-state index in [9.17, 15) is 9.59 Å². The van der Waals surface area contributed by atoms with E-state index in [-0.39, 0.29) is 11.1 Å². The predicted molar refractivity (Wildman–Crippen MR) is 181 cm³/mol. The molecule has 0 N–H and O–H groups in total. The largest absolute Gasteiger partial charge is 0.493 e. The molecular weight excluding hydrogens is 616 g/mol. The topological polar surface area (TPSA) is 97.6 Å². The summed E-state index contributed by atoms with van der Waals surface area (Å²) in [5, 5.41) is 2.28. The highest BCUT2D eigenvalue weighted by Gasteiger charge is 2.31. The van der Waals surface area contributed by atoms with Crippen LogP contribution in [0.1, 0.15) is 36.6 Å². The number of fused-ring (bicyclic) bond motifs is 2. The number of rotatable bonds is 11. The Morgan fingerprint density at radius 1 is 0.872 bits per heavy atom. The second kappa shape index (κ2) is 14.0. The third-order valence-electron chi connectivity index (χ3n) is 7.76. The lowest BCUT2D eigenvalue weighted by Crippen LogP contribution is -2.39. The summed E-state index contributed by atoms with van der Waals surface area (Å²) in [4.78, 5) is 31.8. The Hall–Kier alpha value is -5.35. The summed E-state index contributed by atoms with van der Waals surface area (Å²) in [6.45, 7) is 5.02. The monoisotopic (exact) mass is 650 g/mol. The van der Waals surface area contributed by atoms with Crippen LogP contribution in [0.4, 0.5) is 0 Å². The van der Waals surface area contributed by atoms with Crippen molar-refractivity contribution in [2.45, 2.75) is 26.5 Å². The first-order chi connectivity index (χ1) is 22.9. The maximum Gasteiger partial charge on any atom is 0.337 e. The number of ether oxygens (including phenoxy) is 5. The standard InChI is InChI=1S/C37H34N2O7S/c1-5-44-30-17-15-25(20-32(30)45-6-2)34-28(36(41)43-4)21-38-37-39(34)35(40)33(47-37)19-23-14-16-29(31(18-23)42-3)46-22-26-12-9-11-24-10-7-8-13-27(24)26/h7-21,34H,5-6,22H2,1-4H3/b33-19-/t34-/m0/s1. The number of benzene rings is 4. The van der Waals surface area contributed by atoms with Crippen LogP contribution < -0.4 is 33.8 Å². The average molecular weight is 651 g/mol. The zero-order chi connectivity index (χ0) is 32.9. The van der Waals surface area contributed by atoms with E-state index in [4.69, 9.17) is 23.7 Å². The van der Waals surface area contributed by atoms with Crippen molar-refractivity contribution in [2.75, 3.05) is 27.4 Å². The van der Waals surface area contributed by atoms with Crippen LogP contribution in [0.25, 0.3) is 16.8 Å². The second-order valence-corrected chi connectivity index (χ2v) is 11.6. The molecule has 1 aliphatic heterocycles. The molecule has 4 aromatic carbocycles. The molecule has 1 aromatic heterocycles. The molecule has 0 bridgehead atoms. The van der Waals surface area contributed by atoms with E-state index in [0.29, 0.717) is 57.7 Å². The van der Waals surface area contributed by atoms with Gasteiger partial charge in [-0.05, 0) is 71.7 Å². The summed E-state index contributed by atoms with van der Waals surface area (Å²) in [6, 6.07) is 24.5. The van der Waals surface area contributed by atoms with Gasteiger partial charge in [0.2, 0.25) is 0 Å². The van der Waals surface area contributed by atoms with Crippen molar-refractivity contribution < 1.29 is 28.5 Å². The van der Waals surface area contributed by atoms with Gasteiger partial charge in [0, 0.05) is 6.20 Å². The molecule has 47 heavy (non-hydrogen) atoms. The number of aromatic nitrogens is 1. The minimum Gasteiger partial charge on any atom is -0.493 e. The van der Waals surface area contributed by atoms with Gasteiger partial charge in [0.15, 0.2) is 27.8 Å². The lowest BCUT2D eigenvalue weighted by Gasteiger charge is -2.23. The molecule has 0 saturated heterocycles. The summed E-state index contributed by atoms with van der Waals surface area (Å²) in [5.41, 5.74) is 2.40. The molecule has 0 spiro atoms. The quantitative estimate of drug-likeness (QED) is 0.173. The molecule has 0 aliphatic carbocycles. The molecule has 1 aliphatic rings. The Kier molecular flexibility index (Phi) is 9.40. The number of hydrogen-bond donors (Lipinski definition) is 0. The van der Waals surface area contributed by atoms with Gasteiger partial charge >= 0.3 is 5.97 Å². The van der Waals surface area contributed by atoms with E-state index in [0.717, 1.165) is 21.9 Å². The smallest absolute Gasteiger partial charge is 0.337 e. The average Bonchev–Trinajstić information content (AvgIpc) is 3.42. The SMILES string of the molecule is CCOc1ccc([C@H]2C(C(=O)OC)=CN=c3s/c(=C\c4ccc(OCc5cccc6ccccc56)c(OC)c4)c(=O)n32)cc1OCC. The molecule has 6 rings (SSSR count). The van der Waals surface area contributed by atoms with Crippen LogP contribution >= 0.6 is 11.3 Å². The van der Waals surface area contributed by atoms with Gasteiger partial charge in [-0.3, -0.25) is 9.36 Å². The second-order valence-electron chi connectivity index (χ2n) is 10.6. The van der Waals surface area contributed by atoms with Crippen LogP contribution in [0.5, 0.6) is 23.0 Å². The van der Waals surface area contributed by atoms with Crippen molar-refractivity contribution in [1.29, 1.82) is 0 Å². The van der Waals surface area contributed by atoms with Gasteiger partial charge in [-0.1, -0.05) is 65.9 Å². The third-order valence-corrected chi connectivity index (χ3v) is 8.75. The highest BCUT2D eigenvalue weighted by atomic mass is 32.1. The summed E-state index contributed by atoms with van der Waals surface area (Å²) < 4.78 is 30.5. The molecule has 0 fully saturated rings. The fraction of sp³-hybridized carbons (Fsp3) is 0.216. The molecule has 0 amide bonds. The van der Waals surface area contributed by atoms with Crippen LogP contribution in [0.2, 0.25) is 0 Å². The van der Waals surface area contributed by atoms with Gasteiger partial charge in [0.05, 0.1) is 43.6 Å². The van der Waals surface area contributed by atoms with Crippen molar-refractivity contribution in [3.63, 3.8) is 0 Å². The number of nitrogens with zero attached hydrogens (tertiary/aromatic N) is 2. The predicted octanol–water partition coefficient (Wildman–Crippen LogP) is 5.56. The summed E-state index contributed by atoms with van der Waals surface area (Å²) in [7, 11) is 2.89. The highest BCUT2D eigenvalue weighted by Crippen LogP contribution is 2.35. The van der Waals surface area contributed by atoms with E-state index in [2.05, 4.69) is 23.2 Å². The minimum absolute atomic E-state index is 0.229. The van der Waals surface area contributed by atoms with Gasteiger partial charge in [0.25, 0.3) is 5.56 Å². The molecule has 240 valence electrons. The van der Waals surface area contributed by atoms with E-state index in [1.165, 1.54) is 29.2 Å². The third kappa shape index (κ3) is 6.37. The van der Waals surface area contributed by atoms with Crippen molar-refractivity contribution in [3.8, 4) is 23.0 Å². The maximum atomic E-state index is 14.0. The summed E-state index contributed by atoms with van der Waals surface area (Å²) in [5.74, 6) is 1.64. The molecule has 0 saturated carbocycles. The van der Waals surface area contributed by atoms with Crippen molar-refractivity contribution in [3.05, 3.63) is 127 Å². The first kappa shape index (κ1) is 31.6. The van der Waals surface area contributed by atoms with Crippen LogP contribution in [0.15, 0.2) is 100 Å². The van der Waals surface area contributed by atoms with E-state index >= 15 is 0 Å². The van der Waals surface area contributed by atoms with E-state index in [1.54, 1.807) is 25.3 Å². The molecule has 0 unspecified atom stereocenters. The van der Waals surface area contributed by atoms with Crippen molar-refractivity contribution in [1.82, 2.24) is 4.57 Å². The fourth-order valence-electron chi connectivity index (χ4n) is 5.61. The van der Waals surface area contributed by atoms with Gasteiger partial charge in [0.1, 0.15) is 6.61 Å². The fourth-order valence-corrected chi connectivity index (χ4v) is 6.58. The number of thiazole rings is 1. The van der Waals surface area contributed by atoms with Gasteiger partial charge < -0.3 is 23.7 Å². The molecule has 2 heterocycles. The zero-order valence-corrected chi connectivity index (χ0v) is 27.3. The molecule has 9 nitrogen and oxygen atoms in total. The maximum absolute atomic E-state index is 14.0. The number of methoxy groups -OCH3 is 2. The highest BCUT2D eigenvalue weighted by molar-refractivity contribution is 7.07. The van der Waals surface area contributed by atoms with Gasteiger partial charge in [-0.25, -0.2) is 9.79 Å². The van der Waals surface area contributed by atoms with Crippen LogP contribution in [0.3, 0.4) is 0 Å². The zero-order valence-electron chi connectivity index (χ0n) is 26.5.